The number of rotatable bonds is 3. The molecule has 1 aliphatic rings. The lowest BCUT2D eigenvalue weighted by Gasteiger charge is -2.21. The van der Waals surface area contributed by atoms with E-state index in [1.54, 1.807) is 12.4 Å². The van der Waals surface area contributed by atoms with Crippen LogP contribution >= 0.6 is 15.9 Å². The summed E-state index contributed by atoms with van der Waals surface area (Å²) in [6.07, 6.45) is 5.69. The molecule has 0 unspecified atom stereocenters. The van der Waals surface area contributed by atoms with Gasteiger partial charge in [0, 0.05) is 23.9 Å². The molecule has 0 aromatic carbocycles. The van der Waals surface area contributed by atoms with Gasteiger partial charge in [-0.3, -0.25) is 4.98 Å². The van der Waals surface area contributed by atoms with Crippen LogP contribution in [0.25, 0.3) is 0 Å². The van der Waals surface area contributed by atoms with Gasteiger partial charge in [-0.25, -0.2) is 0 Å². The van der Waals surface area contributed by atoms with Crippen molar-refractivity contribution in [1.29, 1.82) is 0 Å². The van der Waals surface area contributed by atoms with Crippen LogP contribution in [0, 0.1) is 5.92 Å². The predicted molar refractivity (Wildman–Crippen MR) is 61.0 cm³/mol. The van der Waals surface area contributed by atoms with E-state index in [1.807, 2.05) is 6.07 Å². The van der Waals surface area contributed by atoms with Crippen molar-refractivity contribution >= 4 is 15.9 Å². The van der Waals surface area contributed by atoms with E-state index in [2.05, 4.69) is 20.9 Å². The summed E-state index contributed by atoms with van der Waals surface area (Å²) in [6.45, 7) is 2.50. The number of ether oxygens (including phenoxy) is 2. The smallest absolute Gasteiger partial charge is 0.138 e. The maximum atomic E-state index is 5.68. The van der Waals surface area contributed by atoms with Crippen molar-refractivity contribution in [2.24, 2.45) is 5.92 Å². The topological polar surface area (TPSA) is 31.4 Å². The molecule has 3 nitrogen and oxygen atoms in total. The van der Waals surface area contributed by atoms with Crippen LogP contribution in [-0.4, -0.2) is 24.8 Å². The van der Waals surface area contributed by atoms with E-state index in [-0.39, 0.29) is 0 Å². The fourth-order valence-electron chi connectivity index (χ4n) is 1.60. The van der Waals surface area contributed by atoms with Crippen LogP contribution in [0.4, 0.5) is 0 Å². The Bertz CT molecular complexity index is 313. The molecular weight excluding hydrogens is 258 g/mol. The Morgan fingerprint density at radius 3 is 2.93 bits per heavy atom. The molecule has 15 heavy (non-hydrogen) atoms. The molecule has 1 aliphatic heterocycles. The monoisotopic (exact) mass is 271 g/mol. The van der Waals surface area contributed by atoms with Gasteiger partial charge in [-0.15, -0.1) is 0 Å². The summed E-state index contributed by atoms with van der Waals surface area (Å²) in [6, 6.07) is 1.94. The van der Waals surface area contributed by atoms with E-state index in [4.69, 9.17) is 9.47 Å². The molecule has 1 aromatic rings. The number of nitrogens with zero attached hydrogens (tertiary/aromatic N) is 1. The summed E-state index contributed by atoms with van der Waals surface area (Å²) in [5.41, 5.74) is 0. The predicted octanol–water partition coefficient (Wildman–Crippen LogP) is 2.65. The van der Waals surface area contributed by atoms with E-state index in [0.29, 0.717) is 5.92 Å². The standard InChI is InChI=1S/C11H14BrNO2/c12-10-5-11(7-13-6-10)15-8-9-1-3-14-4-2-9/h5-7,9H,1-4,8H2. The van der Waals surface area contributed by atoms with Crippen molar-refractivity contribution in [2.75, 3.05) is 19.8 Å². The molecule has 0 radical (unpaired) electrons. The largest absolute Gasteiger partial charge is 0.492 e. The van der Waals surface area contributed by atoms with Gasteiger partial charge in [0.15, 0.2) is 0 Å². The lowest BCUT2D eigenvalue weighted by atomic mass is 10.0. The quantitative estimate of drug-likeness (QED) is 0.847. The van der Waals surface area contributed by atoms with Gasteiger partial charge in [-0.2, -0.15) is 0 Å². The Balaban J connectivity index is 1.81. The van der Waals surface area contributed by atoms with Gasteiger partial charge in [-0.1, -0.05) is 0 Å². The number of halogens is 1. The molecule has 0 amide bonds. The fourth-order valence-corrected chi connectivity index (χ4v) is 1.94. The molecule has 1 aromatic heterocycles. The van der Waals surface area contributed by atoms with Crippen molar-refractivity contribution in [2.45, 2.75) is 12.8 Å². The Morgan fingerprint density at radius 1 is 1.40 bits per heavy atom. The lowest BCUT2D eigenvalue weighted by Crippen LogP contribution is -2.21. The van der Waals surface area contributed by atoms with E-state index in [1.165, 1.54) is 0 Å². The molecular formula is C11H14BrNO2. The third kappa shape index (κ3) is 3.47. The van der Waals surface area contributed by atoms with Crippen LogP contribution < -0.4 is 4.74 Å². The molecule has 0 bridgehead atoms. The van der Waals surface area contributed by atoms with Gasteiger partial charge in [-0.05, 0) is 40.8 Å². The highest BCUT2D eigenvalue weighted by molar-refractivity contribution is 9.10. The number of hydrogen-bond donors (Lipinski definition) is 0. The molecule has 0 spiro atoms. The zero-order valence-corrected chi connectivity index (χ0v) is 10.1. The van der Waals surface area contributed by atoms with Crippen LogP contribution in [-0.2, 0) is 4.74 Å². The fraction of sp³-hybridized carbons (Fsp3) is 0.545. The summed E-state index contributed by atoms with van der Waals surface area (Å²) in [5.74, 6) is 1.45. The normalized spacial score (nSPS) is 17.7. The first kappa shape index (κ1) is 10.9. The second-order valence-electron chi connectivity index (χ2n) is 3.71. The molecule has 0 N–H and O–H groups in total. The summed E-state index contributed by atoms with van der Waals surface area (Å²) in [5, 5.41) is 0. The highest BCUT2D eigenvalue weighted by atomic mass is 79.9. The van der Waals surface area contributed by atoms with Gasteiger partial charge in [0.2, 0.25) is 0 Å². The van der Waals surface area contributed by atoms with Crippen molar-refractivity contribution in [3.05, 3.63) is 22.9 Å². The number of hydrogen-bond acceptors (Lipinski definition) is 3. The lowest BCUT2D eigenvalue weighted by molar-refractivity contribution is 0.0497. The third-order valence-corrected chi connectivity index (χ3v) is 2.94. The minimum absolute atomic E-state index is 0.623. The van der Waals surface area contributed by atoms with Crippen molar-refractivity contribution in [1.82, 2.24) is 4.98 Å². The minimum Gasteiger partial charge on any atom is -0.492 e. The molecule has 0 atom stereocenters. The van der Waals surface area contributed by atoms with Gasteiger partial charge in [0.05, 0.1) is 12.8 Å². The Kier molecular flexibility index (Phi) is 3.97. The maximum Gasteiger partial charge on any atom is 0.138 e. The van der Waals surface area contributed by atoms with Gasteiger partial charge < -0.3 is 9.47 Å². The Morgan fingerprint density at radius 2 is 2.20 bits per heavy atom. The zero-order chi connectivity index (χ0) is 10.5. The highest BCUT2D eigenvalue weighted by Crippen LogP contribution is 2.19. The van der Waals surface area contributed by atoms with Gasteiger partial charge in [0.25, 0.3) is 0 Å². The van der Waals surface area contributed by atoms with Crippen LogP contribution in [0.2, 0.25) is 0 Å². The second kappa shape index (κ2) is 5.47. The molecule has 1 fully saturated rings. The van der Waals surface area contributed by atoms with Crippen molar-refractivity contribution < 1.29 is 9.47 Å². The maximum absolute atomic E-state index is 5.68. The van der Waals surface area contributed by atoms with E-state index < -0.39 is 0 Å². The zero-order valence-electron chi connectivity index (χ0n) is 8.49. The van der Waals surface area contributed by atoms with E-state index >= 15 is 0 Å². The molecule has 82 valence electrons. The second-order valence-corrected chi connectivity index (χ2v) is 4.62. The van der Waals surface area contributed by atoms with Gasteiger partial charge >= 0.3 is 0 Å². The molecule has 4 heteroatoms. The summed E-state index contributed by atoms with van der Waals surface area (Å²) in [4.78, 5) is 4.05. The number of pyridine rings is 1. The molecule has 2 heterocycles. The first-order valence-corrected chi connectivity index (χ1v) is 5.95. The SMILES string of the molecule is Brc1cncc(OCC2CCOCC2)c1. The Labute approximate surface area is 97.9 Å². The van der Waals surface area contributed by atoms with Gasteiger partial charge in [0.1, 0.15) is 5.75 Å². The van der Waals surface area contributed by atoms with Crippen LogP contribution in [0.15, 0.2) is 22.9 Å². The third-order valence-electron chi connectivity index (χ3n) is 2.51. The minimum atomic E-state index is 0.623. The summed E-state index contributed by atoms with van der Waals surface area (Å²) < 4.78 is 11.9. The molecule has 0 aliphatic carbocycles. The number of aromatic nitrogens is 1. The molecule has 0 saturated carbocycles. The average molecular weight is 272 g/mol. The first-order chi connectivity index (χ1) is 7.34. The van der Waals surface area contributed by atoms with Crippen LogP contribution in [0.5, 0.6) is 5.75 Å². The molecule has 1 saturated heterocycles. The van der Waals surface area contributed by atoms with Crippen LogP contribution in [0.1, 0.15) is 12.8 Å². The highest BCUT2D eigenvalue weighted by Gasteiger charge is 2.14. The first-order valence-electron chi connectivity index (χ1n) is 5.15. The van der Waals surface area contributed by atoms with Crippen molar-refractivity contribution in [3.8, 4) is 5.75 Å². The van der Waals surface area contributed by atoms with E-state index in [9.17, 15) is 0 Å². The summed E-state index contributed by atoms with van der Waals surface area (Å²) in [7, 11) is 0. The van der Waals surface area contributed by atoms with Crippen molar-refractivity contribution in [3.63, 3.8) is 0 Å². The Hall–Kier alpha value is -0.610. The summed E-state index contributed by atoms with van der Waals surface area (Å²) >= 11 is 3.37. The van der Waals surface area contributed by atoms with Crippen LogP contribution in [0.3, 0.4) is 0 Å². The average Bonchev–Trinajstić information content (AvgIpc) is 2.28. The van der Waals surface area contributed by atoms with E-state index in [0.717, 1.165) is 42.9 Å². The molecule has 2 rings (SSSR count).